The molecule has 3 rings (SSSR count). The van der Waals surface area contributed by atoms with Crippen LogP contribution in [0, 0.1) is 5.41 Å². The first kappa shape index (κ1) is 21.0. The second-order valence-corrected chi connectivity index (χ2v) is 9.60. The van der Waals surface area contributed by atoms with Crippen LogP contribution in [0.25, 0.3) is 0 Å². The maximum Gasteiger partial charge on any atom is 0.262 e. The Balaban J connectivity index is 1.91. The van der Waals surface area contributed by atoms with Gasteiger partial charge >= 0.3 is 0 Å². The number of rotatable bonds is 5. The highest BCUT2D eigenvalue weighted by atomic mass is 32.2. The zero-order valence-corrected chi connectivity index (χ0v) is 18.1. The molecule has 1 aliphatic heterocycles. The minimum Gasteiger partial charge on any atom is -0.493 e. The Morgan fingerprint density at radius 3 is 2.34 bits per heavy atom. The molecule has 1 heterocycles. The van der Waals surface area contributed by atoms with Crippen LogP contribution >= 0.6 is 0 Å². The molecule has 0 spiro atoms. The number of fused-ring (bicyclic) bond motifs is 1. The zero-order chi connectivity index (χ0) is 21.4. The molecule has 0 aliphatic carbocycles. The van der Waals surface area contributed by atoms with E-state index in [1.165, 1.54) is 26.4 Å². The molecule has 0 saturated heterocycles. The van der Waals surface area contributed by atoms with Crippen molar-refractivity contribution < 1.29 is 22.7 Å². The molecule has 156 valence electrons. The average Bonchev–Trinajstić information content (AvgIpc) is 3.08. The molecule has 1 aliphatic rings. The number of carbonyl (C=O) groups is 1. The van der Waals surface area contributed by atoms with E-state index in [9.17, 15) is 13.2 Å². The minimum absolute atomic E-state index is 0.0103. The molecule has 0 saturated carbocycles. The summed E-state index contributed by atoms with van der Waals surface area (Å²) in [5.41, 5.74) is 1.65. The Hall–Kier alpha value is -2.74. The number of ether oxygens (including phenoxy) is 2. The van der Waals surface area contributed by atoms with Gasteiger partial charge in [-0.3, -0.25) is 9.52 Å². The molecular formula is C21H26N2O5S. The molecule has 1 N–H and O–H groups in total. The average molecular weight is 419 g/mol. The van der Waals surface area contributed by atoms with Crippen molar-refractivity contribution in [3.8, 4) is 11.5 Å². The highest BCUT2D eigenvalue weighted by Gasteiger charge is 2.32. The van der Waals surface area contributed by atoms with Gasteiger partial charge in [0, 0.05) is 23.7 Å². The van der Waals surface area contributed by atoms with E-state index in [-0.39, 0.29) is 10.8 Å². The molecule has 7 nitrogen and oxygen atoms in total. The Morgan fingerprint density at radius 1 is 1.03 bits per heavy atom. The van der Waals surface area contributed by atoms with Crippen molar-refractivity contribution in [3.63, 3.8) is 0 Å². The summed E-state index contributed by atoms with van der Waals surface area (Å²) in [6.07, 6.45) is 0.750. The van der Waals surface area contributed by atoms with Crippen molar-refractivity contribution >= 4 is 27.3 Å². The number of nitrogens with one attached hydrogen (secondary N) is 1. The summed E-state index contributed by atoms with van der Waals surface area (Å²) in [5.74, 6) is 0.780. The molecular weight excluding hydrogens is 392 g/mol. The van der Waals surface area contributed by atoms with Crippen LogP contribution in [0.3, 0.4) is 0 Å². The molecule has 0 unspecified atom stereocenters. The van der Waals surface area contributed by atoms with E-state index in [0.717, 1.165) is 17.7 Å². The fraction of sp³-hybridized carbons (Fsp3) is 0.381. The first-order valence-corrected chi connectivity index (χ1v) is 10.7. The topological polar surface area (TPSA) is 84.9 Å². The van der Waals surface area contributed by atoms with E-state index < -0.39 is 15.4 Å². The number of hydrogen-bond acceptors (Lipinski definition) is 5. The Bertz CT molecular complexity index is 1040. The second-order valence-electron chi connectivity index (χ2n) is 7.92. The molecule has 0 fully saturated rings. The normalized spacial score (nSPS) is 13.8. The number of sulfonamides is 1. The molecule has 2 aromatic rings. The van der Waals surface area contributed by atoms with Crippen LogP contribution < -0.4 is 19.1 Å². The lowest BCUT2D eigenvalue weighted by atomic mass is 9.94. The SMILES string of the molecule is COc1ccc(S(=O)(=O)Nc2ccc3c(c2)N(C(=O)C(C)(C)C)CC3)cc1OC. The van der Waals surface area contributed by atoms with Gasteiger partial charge in [0.05, 0.1) is 24.8 Å². The number of methoxy groups -OCH3 is 2. The van der Waals surface area contributed by atoms with Gasteiger partial charge < -0.3 is 14.4 Å². The standard InChI is InChI=1S/C21H26N2O5S/c1-21(2,3)20(24)23-11-10-14-6-7-15(12-17(14)23)22-29(25,26)16-8-9-18(27-4)19(13-16)28-5/h6-9,12-13,22H,10-11H2,1-5H3. The van der Waals surface area contributed by atoms with E-state index in [0.29, 0.717) is 23.7 Å². The number of amides is 1. The van der Waals surface area contributed by atoms with Crippen molar-refractivity contribution in [2.24, 2.45) is 5.41 Å². The maximum atomic E-state index is 12.9. The van der Waals surface area contributed by atoms with E-state index in [2.05, 4.69) is 4.72 Å². The third-order valence-electron chi connectivity index (χ3n) is 4.79. The van der Waals surface area contributed by atoms with Gasteiger partial charge in [-0.05, 0) is 36.2 Å². The van der Waals surface area contributed by atoms with Gasteiger partial charge in [-0.15, -0.1) is 0 Å². The predicted octanol–water partition coefficient (Wildman–Crippen LogP) is 3.44. The van der Waals surface area contributed by atoms with Crippen LogP contribution in [0.1, 0.15) is 26.3 Å². The van der Waals surface area contributed by atoms with Gasteiger partial charge in [-0.1, -0.05) is 26.8 Å². The lowest BCUT2D eigenvalue weighted by Crippen LogP contribution is -2.38. The predicted molar refractivity (Wildman–Crippen MR) is 112 cm³/mol. The summed E-state index contributed by atoms with van der Waals surface area (Å²) >= 11 is 0. The Morgan fingerprint density at radius 2 is 1.72 bits per heavy atom. The number of carbonyl (C=O) groups excluding carboxylic acids is 1. The van der Waals surface area contributed by atoms with Crippen LogP contribution in [0.4, 0.5) is 11.4 Å². The van der Waals surface area contributed by atoms with Crippen molar-refractivity contribution in [2.75, 3.05) is 30.4 Å². The molecule has 2 aromatic carbocycles. The fourth-order valence-corrected chi connectivity index (χ4v) is 4.32. The number of anilines is 2. The number of benzene rings is 2. The van der Waals surface area contributed by atoms with Gasteiger partial charge in [0.15, 0.2) is 11.5 Å². The first-order valence-electron chi connectivity index (χ1n) is 9.26. The highest BCUT2D eigenvalue weighted by molar-refractivity contribution is 7.92. The van der Waals surface area contributed by atoms with Gasteiger partial charge in [-0.25, -0.2) is 8.42 Å². The number of nitrogens with zero attached hydrogens (tertiary/aromatic N) is 1. The van der Waals surface area contributed by atoms with Crippen molar-refractivity contribution in [1.29, 1.82) is 0 Å². The smallest absolute Gasteiger partial charge is 0.262 e. The molecule has 8 heteroatoms. The van der Waals surface area contributed by atoms with E-state index in [1.807, 2.05) is 26.8 Å². The highest BCUT2D eigenvalue weighted by Crippen LogP contribution is 2.35. The quantitative estimate of drug-likeness (QED) is 0.804. The summed E-state index contributed by atoms with van der Waals surface area (Å²) in [7, 11) is -0.910. The molecule has 29 heavy (non-hydrogen) atoms. The molecule has 0 atom stereocenters. The third-order valence-corrected chi connectivity index (χ3v) is 6.16. The van der Waals surface area contributed by atoms with Crippen LogP contribution in [0.15, 0.2) is 41.3 Å². The first-order chi connectivity index (χ1) is 13.6. The van der Waals surface area contributed by atoms with Crippen LogP contribution in [0.2, 0.25) is 0 Å². The summed E-state index contributed by atoms with van der Waals surface area (Å²) in [6.45, 7) is 6.21. The summed E-state index contributed by atoms with van der Waals surface area (Å²) in [5, 5.41) is 0. The van der Waals surface area contributed by atoms with Gasteiger partial charge in [0.25, 0.3) is 10.0 Å². The van der Waals surface area contributed by atoms with Crippen molar-refractivity contribution in [3.05, 3.63) is 42.0 Å². The lowest BCUT2D eigenvalue weighted by molar-refractivity contribution is -0.125. The maximum absolute atomic E-state index is 12.9. The van der Waals surface area contributed by atoms with Crippen LogP contribution in [-0.2, 0) is 21.2 Å². The number of hydrogen-bond donors (Lipinski definition) is 1. The van der Waals surface area contributed by atoms with Crippen molar-refractivity contribution in [2.45, 2.75) is 32.1 Å². The Kier molecular flexibility index (Phi) is 5.49. The molecule has 0 aromatic heterocycles. The molecule has 1 amide bonds. The minimum atomic E-state index is -3.84. The van der Waals surface area contributed by atoms with E-state index in [1.54, 1.807) is 23.1 Å². The van der Waals surface area contributed by atoms with Gasteiger partial charge in [0.2, 0.25) is 5.91 Å². The zero-order valence-electron chi connectivity index (χ0n) is 17.3. The monoisotopic (exact) mass is 418 g/mol. The summed E-state index contributed by atoms with van der Waals surface area (Å²) < 4.78 is 38.7. The lowest BCUT2D eigenvalue weighted by Gasteiger charge is -2.26. The van der Waals surface area contributed by atoms with E-state index in [4.69, 9.17) is 9.47 Å². The van der Waals surface area contributed by atoms with Gasteiger partial charge in [0.1, 0.15) is 0 Å². The molecule has 0 bridgehead atoms. The third kappa shape index (κ3) is 4.17. The van der Waals surface area contributed by atoms with Crippen LogP contribution in [-0.4, -0.2) is 35.1 Å². The van der Waals surface area contributed by atoms with Crippen molar-refractivity contribution in [1.82, 2.24) is 0 Å². The second kappa shape index (κ2) is 7.59. The fourth-order valence-electron chi connectivity index (χ4n) is 3.26. The largest absolute Gasteiger partial charge is 0.493 e. The molecule has 0 radical (unpaired) electrons. The summed E-state index contributed by atoms with van der Waals surface area (Å²) in [6, 6.07) is 9.68. The van der Waals surface area contributed by atoms with Gasteiger partial charge in [-0.2, -0.15) is 0 Å². The summed E-state index contributed by atoms with van der Waals surface area (Å²) in [4.78, 5) is 14.5. The van der Waals surface area contributed by atoms with Crippen LogP contribution in [0.5, 0.6) is 11.5 Å². The Labute approximate surface area is 171 Å². The van der Waals surface area contributed by atoms with E-state index >= 15 is 0 Å².